The Morgan fingerprint density at radius 3 is 2.82 bits per heavy atom. The molecule has 2 rings (SSSR count). The predicted molar refractivity (Wildman–Crippen MR) is 68.0 cm³/mol. The standard InChI is InChI=1S/C13H26N2O2/c1-3-12-8-13(10-14,5-7-17-12)15(2)11-4-6-16-9-11/h11-12H,3-10,14H2,1-2H3. The lowest BCUT2D eigenvalue weighted by Crippen LogP contribution is -2.60. The first-order valence-electron chi connectivity index (χ1n) is 6.84. The summed E-state index contributed by atoms with van der Waals surface area (Å²) >= 11 is 0. The van der Waals surface area contributed by atoms with Gasteiger partial charge in [-0.1, -0.05) is 6.92 Å². The molecule has 0 saturated carbocycles. The van der Waals surface area contributed by atoms with Crippen molar-refractivity contribution in [2.45, 2.75) is 50.3 Å². The van der Waals surface area contributed by atoms with E-state index < -0.39 is 0 Å². The van der Waals surface area contributed by atoms with Gasteiger partial charge < -0.3 is 15.2 Å². The molecule has 0 amide bonds. The van der Waals surface area contributed by atoms with Crippen molar-refractivity contribution < 1.29 is 9.47 Å². The summed E-state index contributed by atoms with van der Waals surface area (Å²) in [6, 6.07) is 0.536. The van der Waals surface area contributed by atoms with E-state index in [9.17, 15) is 0 Å². The van der Waals surface area contributed by atoms with E-state index in [1.165, 1.54) is 0 Å². The highest BCUT2D eigenvalue weighted by Crippen LogP contribution is 2.33. The van der Waals surface area contributed by atoms with E-state index in [1.807, 2.05) is 0 Å². The second-order valence-electron chi connectivity index (χ2n) is 5.41. The van der Waals surface area contributed by atoms with Gasteiger partial charge in [0.05, 0.1) is 12.7 Å². The van der Waals surface area contributed by atoms with E-state index in [0.29, 0.717) is 12.1 Å². The van der Waals surface area contributed by atoms with Crippen molar-refractivity contribution >= 4 is 0 Å². The van der Waals surface area contributed by atoms with E-state index >= 15 is 0 Å². The van der Waals surface area contributed by atoms with Crippen LogP contribution in [-0.4, -0.2) is 56.0 Å². The number of rotatable bonds is 4. The SMILES string of the molecule is CCC1CC(CN)(N(C)C2CCOC2)CCO1. The van der Waals surface area contributed by atoms with Crippen LogP contribution in [0.2, 0.25) is 0 Å². The minimum absolute atomic E-state index is 0.122. The minimum atomic E-state index is 0.122. The molecule has 2 saturated heterocycles. The van der Waals surface area contributed by atoms with Crippen LogP contribution in [0.15, 0.2) is 0 Å². The van der Waals surface area contributed by atoms with Gasteiger partial charge in [0.15, 0.2) is 0 Å². The lowest BCUT2D eigenvalue weighted by atomic mass is 9.83. The molecule has 3 unspecified atom stereocenters. The van der Waals surface area contributed by atoms with Crippen molar-refractivity contribution in [3.63, 3.8) is 0 Å². The predicted octanol–water partition coefficient (Wildman–Crippen LogP) is 0.994. The Bertz CT molecular complexity index is 244. The second kappa shape index (κ2) is 5.65. The molecule has 2 aliphatic heterocycles. The van der Waals surface area contributed by atoms with Crippen LogP contribution in [0, 0.1) is 0 Å². The van der Waals surface area contributed by atoms with E-state index in [1.54, 1.807) is 0 Å². The van der Waals surface area contributed by atoms with Crippen LogP contribution in [0.25, 0.3) is 0 Å². The largest absolute Gasteiger partial charge is 0.380 e. The number of hydrogen-bond acceptors (Lipinski definition) is 4. The zero-order valence-electron chi connectivity index (χ0n) is 11.2. The Morgan fingerprint density at radius 2 is 2.24 bits per heavy atom. The molecular weight excluding hydrogens is 216 g/mol. The summed E-state index contributed by atoms with van der Waals surface area (Å²) in [4.78, 5) is 2.48. The van der Waals surface area contributed by atoms with Gasteiger partial charge in [0.1, 0.15) is 0 Å². The van der Waals surface area contributed by atoms with Crippen LogP contribution in [0.3, 0.4) is 0 Å². The molecule has 2 fully saturated rings. The smallest absolute Gasteiger partial charge is 0.0622 e. The molecule has 2 aliphatic rings. The van der Waals surface area contributed by atoms with Gasteiger partial charge in [-0.3, -0.25) is 4.90 Å². The van der Waals surface area contributed by atoms with E-state index in [0.717, 1.165) is 52.0 Å². The first kappa shape index (κ1) is 13.3. The van der Waals surface area contributed by atoms with Crippen molar-refractivity contribution in [1.82, 2.24) is 4.90 Å². The van der Waals surface area contributed by atoms with Crippen LogP contribution in [-0.2, 0) is 9.47 Å². The fourth-order valence-electron chi connectivity index (χ4n) is 3.13. The summed E-state index contributed by atoms with van der Waals surface area (Å²) < 4.78 is 11.3. The summed E-state index contributed by atoms with van der Waals surface area (Å²) in [5.74, 6) is 0. The van der Waals surface area contributed by atoms with Crippen molar-refractivity contribution in [2.75, 3.05) is 33.4 Å². The van der Waals surface area contributed by atoms with Gasteiger partial charge in [-0.05, 0) is 32.7 Å². The minimum Gasteiger partial charge on any atom is -0.380 e. The van der Waals surface area contributed by atoms with Crippen molar-refractivity contribution in [1.29, 1.82) is 0 Å². The Labute approximate surface area is 104 Å². The zero-order valence-corrected chi connectivity index (χ0v) is 11.2. The summed E-state index contributed by atoms with van der Waals surface area (Å²) in [6.45, 7) is 5.50. The maximum Gasteiger partial charge on any atom is 0.0622 e. The molecular formula is C13H26N2O2. The van der Waals surface area contributed by atoms with Crippen LogP contribution in [0.4, 0.5) is 0 Å². The molecule has 0 aliphatic carbocycles. The number of likely N-dealkylation sites (N-methyl/N-ethyl adjacent to an activating group) is 1. The average molecular weight is 242 g/mol. The van der Waals surface area contributed by atoms with Crippen molar-refractivity contribution in [3.05, 3.63) is 0 Å². The quantitative estimate of drug-likeness (QED) is 0.799. The molecule has 2 N–H and O–H groups in total. The molecule has 2 heterocycles. The highest BCUT2D eigenvalue weighted by atomic mass is 16.5. The zero-order chi connectivity index (χ0) is 12.3. The number of ether oxygens (including phenoxy) is 2. The normalized spacial score (nSPS) is 38.8. The molecule has 4 heteroatoms. The summed E-state index contributed by atoms with van der Waals surface area (Å²) in [5, 5.41) is 0. The van der Waals surface area contributed by atoms with Crippen LogP contribution >= 0.6 is 0 Å². The Hall–Kier alpha value is -0.160. The Morgan fingerprint density at radius 1 is 1.41 bits per heavy atom. The van der Waals surface area contributed by atoms with Gasteiger partial charge in [0.25, 0.3) is 0 Å². The molecule has 17 heavy (non-hydrogen) atoms. The number of nitrogens with zero attached hydrogens (tertiary/aromatic N) is 1. The fourth-order valence-corrected chi connectivity index (χ4v) is 3.13. The lowest BCUT2D eigenvalue weighted by Gasteiger charge is -2.48. The van der Waals surface area contributed by atoms with E-state index in [-0.39, 0.29) is 5.54 Å². The third kappa shape index (κ3) is 2.65. The molecule has 4 nitrogen and oxygen atoms in total. The van der Waals surface area contributed by atoms with E-state index in [2.05, 4.69) is 18.9 Å². The Balaban J connectivity index is 2.06. The molecule has 0 radical (unpaired) electrons. The molecule has 0 bridgehead atoms. The first-order chi connectivity index (χ1) is 8.22. The Kier molecular flexibility index (Phi) is 4.42. The number of hydrogen-bond donors (Lipinski definition) is 1. The topological polar surface area (TPSA) is 47.7 Å². The summed E-state index contributed by atoms with van der Waals surface area (Å²) in [5.41, 5.74) is 6.21. The maximum atomic E-state index is 6.09. The van der Waals surface area contributed by atoms with E-state index in [4.69, 9.17) is 15.2 Å². The summed E-state index contributed by atoms with van der Waals surface area (Å²) in [6.07, 6.45) is 4.70. The molecule has 0 spiro atoms. The highest BCUT2D eigenvalue weighted by Gasteiger charge is 2.42. The molecule has 0 aromatic rings. The molecule has 100 valence electrons. The highest BCUT2D eigenvalue weighted by molar-refractivity contribution is 4.98. The average Bonchev–Trinajstić information content (AvgIpc) is 2.91. The monoisotopic (exact) mass is 242 g/mol. The van der Waals surface area contributed by atoms with Crippen LogP contribution < -0.4 is 5.73 Å². The van der Waals surface area contributed by atoms with Gasteiger partial charge in [-0.15, -0.1) is 0 Å². The number of nitrogens with two attached hydrogens (primary N) is 1. The fraction of sp³-hybridized carbons (Fsp3) is 1.00. The van der Waals surface area contributed by atoms with Crippen LogP contribution in [0.1, 0.15) is 32.6 Å². The summed E-state index contributed by atoms with van der Waals surface area (Å²) in [7, 11) is 2.21. The maximum absolute atomic E-state index is 6.09. The van der Waals surface area contributed by atoms with Gasteiger partial charge in [-0.25, -0.2) is 0 Å². The van der Waals surface area contributed by atoms with Gasteiger partial charge in [0.2, 0.25) is 0 Å². The third-order valence-corrected chi connectivity index (χ3v) is 4.57. The molecule has 0 aromatic carbocycles. The lowest BCUT2D eigenvalue weighted by molar-refractivity contribution is -0.0762. The van der Waals surface area contributed by atoms with Crippen molar-refractivity contribution in [3.8, 4) is 0 Å². The molecule has 3 atom stereocenters. The van der Waals surface area contributed by atoms with Gasteiger partial charge in [-0.2, -0.15) is 0 Å². The van der Waals surface area contributed by atoms with Crippen molar-refractivity contribution in [2.24, 2.45) is 5.73 Å². The molecule has 0 aromatic heterocycles. The van der Waals surface area contributed by atoms with Crippen LogP contribution in [0.5, 0.6) is 0 Å². The van der Waals surface area contributed by atoms with Gasteiger partial charge in [0, 0.05) is 31.3 Å². The second-order valence-corrected chi connectivity index (χ2v) is 5.41. The first-order valence-corrected chi connectivity index (χ1v) is 6.84. The third-order valence-electron chi connectivity index (χ3n) is 4.57. The van der Waals surface area contributed by atoms with Gasteiger partial charge >= 0.3 is 0 Å².